The lowest BCUT2D eigenvalue weighted by Crippen LogP contribution is -1.95. The summed E-state index contributed by atoms with van der Waals surface area (Å²) in [4.78, 5) is 55.6. The molecular formula is C124H72N16. The summed E-state index contributed by atoms with van der Waals surface area (Å²) in [5, 5.41) is 14.8. The molecule has 0 amide bonds. The first-order valence-electron chi connectivity index (χ1n) is 48.1. The highest BCUT2D eigenvalue weighted by molar-refractivity contribution is 6.22. The van der Waals surface area contributed by atoms with Gasteiger partial charge in [0.2, 0.25) is 0 Å². The number of hydrogen-bond acceptors (Lipinski definition) is 12. The van der Waals surface area contributed by atoms with E-state index in [1.807, 2.05) is 105 Å². The summed E-state index contributed by atoms with van der Waals surface area (Å²) >= 11 is 0. The molecule has 0 unspecified atom stereocenters. The molecular weight excluding hydrogens is 1710 g/mol. The number of benzene rings is 12. The van der Waals surface area contributed by atoms with Gasteiger partial charge in [0.15, 0.2) is 0 Å². The number of fused-ring (bicyclic) bond motifs is 63. The van der Waals surface area contributed by atoms with Crippen molar-refractivity contribution in [2.45, 2.75) is 51.4 Å². The zero-order valence-corrected chi connectivity index (χ0v) is 75.1. The van der Waals surface area contributed by atoms with Gasteiger partial charge in [-0.3, -0.25) is 57.5 Å². The van der Waals surface area contributed by atoms with Gasteiger partial charge in [-0.2, -0.15) is 0 Å². The molecule has 0 aliphatic heterocycles. The molecule has 0 saturated carbocycles. The zero-order valence-electron chi connectivity index (χ0n) is 75.1. The van der Waals surface area contributed by atoms with Crippen LogP contribution in [0.25, 0.3) is 242 Å². The molecule has 0 fully saturated rings. The van der Waals surface area contributed by atoms with Crippen LogP contribution >= 0.6 is 0 Å². The SMILES string of the molecule is c1ccc2c(c1)Cc1c-2ccc2c1-c1ccc3c4ccncc4n4c5ccncc5nc4c3c1C2.c1ccc2c(c1)Cc1c-2ccc2c1Cc1c-2ccc2c3ccncc3n3c4ccncc4nc3c12.c1ccc2c(c1)Cc1cc3c(cc1-2)Cc1c-3ccc2c3ccncc3n3c4ccncc4nc3c12.c1ccc2c(c1)Cc1ccc3c(c1-2)Cc1c-3ccc2c3ccncc3n3c4ccncc4nc3c12. The summed E-state index contributed by atoms with van der Waals surface area (Å²) in [6.07, 6.45) is 37.9. The highest BCUT2D eigenvalue weighted by Gasteiger charge is 2.37. The van der Waals surface area contributed by atoms with Crippen LogP contribution < -0.4 is 0 Å². The van der Waals surface area contributed by atoms with Gasteiger partial charge >= 0.3 is 0 Å². The monoisotopic (exact) mass is 1780 g/mol. The fourth-order valence-corrected chi connectivity index (χ4v) is 26.4. The molecule has 0 radical (unpaired) electrons. The Morgan fingerprint density at radius 2 is 0.429 bits per heavy atom. The molecule has 648 valence electrons. The largest absolute Gasteiger partial charge is 0.290 e. The molecule has 16 heterocycles. The highest BCUT2D eigenvalue weighted by atomic mass is 15.1. The van der Waals surface area contributed by atoms with E-state index in [9.17, 15) is 0 Å². The fraction of sp³-hybridized carbons (Fsp3) is 0.0645. The molecule has 36 rings (SSSR count). The molecule has 16 nitrogen and oxygen atoms in total. The Kier molecular flexibility index (Phi) is 14.9. The van der Waals surface area contributed by atoms with Crippen LogP contribution in [0, 0.1) is 0 Å². The third-order valence-electron chi connectivity index (χ3n) is 32.1. The van der Waals surface area contributed by atoms with Crippen LogP contribution in [0.3, 0.4) is 0 Å². The minimum Gasteiger partial charge on any atom is -0.290 e. The van der Waals surface area contributed by atoms with Crippen molar-refractivity contribution in [3.8, 4) is 89.0 Å². The molecule has 0 atom stereocenters. The van der Waals surface area contributed by atoms with E-state index in [0.29, 0.717) is 0 Å². The Labute approximate surface area is 796 Å². The topological polar surface area (TPSA) is 172 Å². The van der Waals surface area contributed by atoms with Crippen LogP contribution in [0.5, 0.6) is 0 Å². The van der Waals surface area contributed by atoms with Crippen molar-refractivity contribution in [3.05, 3.63) is 431 Å². The normalized spacial score (nSPS) is 13.5. The highest BCUT2D eigenvalue weighted by Crippen LogP contribution is 2.57. The summed E-state index contributed by atoms with van der Waals surface area (Å²) in [6, 6.07) is 89.4. The van der Waals surface area contributed by atoms with E-state index in [1.54, 1.807) is 0 Å². The molecule has 140 heavy (non-hydrogen) atoms. The molecule has 16 heteroatoms. The van der Waals surface area contributed by atoms with Crippen molar-refractivity contribution in [1.82, 2.24) is 77.4 Å². The standard InChI is InChI=1S/4C31H18N4/c1-2-4-20-17(3-1)11-18-12-25-19(13-24(18)20)14-26-21(25)5-6-23-22-7-9-33-16-29(22)35-28-8-10-32-15-27(28)34-31(35)30(23)26;1-2-4-19-17(3-1)13-24-20(19)6-5-18-14-25-23(29(18)24)8-7-22-21-9-11-33-16-28(21)35-27-10-12-32-15-26(27)34-31(35)30(22)25;1-2-4-19-17(3-1)13-18-5-6-20-21-7-8-23-22-9-11-33-16-28(22)35-27-10-12-32-15-26(27)34-31(35)30(23)25(21)14-24(20)29(18)19;1-2-4-18-17(3-1)13-24-19(18)5-6-20-21-7-8-23-22-9-11-33-16-29(22)35-28-10-12-32-15-27(28)34-31(35)30(23)26(21)14-25(20)24/h1-10,12-13,15-16H,11,14H2;3*1-12,15-16H,13-14H2. The number of aromatic nitrogens is 16. The number of hydrogen-bond donors (Lipinski definition) is 0. The van der Waals surface area contributed by atoms with E-state index in [-0.39, 0.29) is 0 Å². The maximum atomic E-state index is 5.11. The maximum Gasteiger partial charge on any atom is 0.146 e. The fourth-order valence-electron chi connectivity index (χ4n) is 26.4. The van der Waals surface area contributed by atoms with E-state index < -0.39 is 0 Å². The van der Waals surface area contributed by atoms with Crippen molar-refractivity contribution in [1.29, 1.82) is 0 Å². The molecule has 0 bridgehead atoms. The van der Waals surface area contributed by atoms with Crippen LogP contribution in [0.1, 0.15) is 89.0 Å². The van der Waals surface area contributed by atoms with Gasteiger partial charge in [-0.05, 0) is 305 Å². The Hall–Kier alpha value is -18.3. The maximum absolute atomic E-state index is 5.11. The lowest BCUT2D eigenvalue weighted by Gasteiger charge is -2.13. The Balaban J connectivity index is 0.0000000829. The first kappa shape index (κ1) is 75.1. The van der Waals surface area contributed by atoms with Gasteiger partial charge in [0, 0.05) is 99.1 Å². The van der Waals surface area contributed by atoms with E-state index in [4.69, 9.17) is 19.9 Å². The van der Waals surface area contributed by atoms with E-state index in [0.717, 1.165) is 140 Å². The molecule has 8 aliphatic carbocycles. The number of rotatable bonds is 0. The third-order valence-corrected chi connectivity index (χ3v) is 32.1. The van der Waals surface area contributed by atoms with Crippen molar-refractivity contribution in [2.75, 3.05) is 0 Å². The van der Waals surface area contributed by atoms with Gasteiger partial charge < -0.3 is 0 Å². The smallest absolute Gasteiger partial charge is 0.146 e. The van der Waals surface area contributed by atoms with Crippen molar-refractivity contribution in [3.63, 3.8) is 0 Å². The summed E-state index contributed by atoms with van der Waals surface area (Å²) < 4.78 is 9.07. The van der Waals surface area contributed by atoms with Gasteiger partial charge in [0.1, 0.15) is 44.7 Å². The first-order chi connectivity index (χ1) is 69.4. The molecule has 0 N–H and O–H groups in total. The van der Waals surface area contributed by atoms with Crippen molar-refractivity contribution in [2.24, 2.45) is 0 Å². The molecule has 8 aliphatic rings. The van der Waals surface area contributed by atoms with E-state index in [1.165, 1.54) is 243 Å². The quantitative estimate of drug-likeness (QED) is 0.132. The average molecular weight is 1790 g/mol. The molecule has 0 saturated heterocycles. The zero-order chi connectivity index (χ0) is 90.7. The second-order valence-corrected chi connectivity index (χ2v) is 38.7. The third kappa shape index (κ3) is 10.1. The second kappa shape index (κ2) is 27.7. The van der Waals surface area contributed by atoms with Gasteiger partial charge in [-0.1, -0.05) is 182 Å². The van der Waals surface area contributed by atoms with E-state index >= 15 is 0 Å². The summed E-state index contributed by atoms with van der Waals surface area (Å²) in [5.41, 5.74) is 61.2. The van der Waals surface area contributed by atoms with Crippen LogP contribution in [-0.2, 0) is 51.4 Å². The molecule has 16 aromatic heterocycles. The molecule has 28 aromatic rings. The average Bonchev–Trinajstić information content (AvgIpc) is 1.55. The Bertz CT molecular complexity index is 10600. The first-order valence-corrected chi connectivity index (χ1v) is 48.1. The number of pyridine rings is 12. The van der Waals surface area contributed by atoms with Crippen molar-refractivity contribution < 1.29 is 0 Å². The van der Waals surface area contributed by atoms with Crippen LogP contribution in [0.15, 0.2) is 342 Å². The minimum absolute atomic E-state index is 0.910. The minimum atomic E-state index is 0.910. The summed E-state index contributed by atoms with van der Waals surface area (Å²) in [5.74, 6) is 0. The Morgan fingerprint density at radius 3 is 0.893 bits per heavy atom. The van der Waals surface area contributed by atoms with Gasteiger partial charge in [-0.25, -0.2) is 19.9 Å². The predicted octanol–water partition coefficient (Wildman–Crippen LogP) is 26.9. The second-order valence-electron chi connectivity index (χ2n) is 38.7. The Morgan fingerprint density at radius 1 is 0.164 bits per heavy atom. The van der Waals surface area contributed by atoms with Crippen LogP contribution in [0.2, 0.25) is 0 Å². The van der Waals surface area contributed by atoms with Crippen LogP contribution in [-0.4, -0.2) is 77.4 Å². The van der Waals surface area contributed by atoms with Gasteiger partial charge in [0.25, 0.3) is 0 Å². The van der Waals surface area contributed by atoms with Gasteiger partial charge in [0.05, 0.1) is 93.7 Å². The predicted molar refractivity (Wildman–Crippen MR) is 559 cm³/mol. The van der Waals surface area contributed by atoms with Crippen molar-refractivity contribution >= 4 is 153 Å². The number of imidazole rings is 4. The van der Waals surface area contributed by atoms with Gasteiger partial charge in [-0.15, -0.1) is 0 Å². The molecule has 0 spiro atoms. The summed E-state index contributed by atoms with van der Waals surface area (Å²) in [6.45, 7) is 0. The summed E-state index contributed by atoms with van der Waals surface area (Å²) in [7, 11) is 0. The number of nitrogens with zero attached hydrogens (tertiary/aromatic N) is 16. The lowest BCUT2D eigenvalue weighted by atomic mass is 9.94. The van der Waals surface area contributed by atoms with E-state index in [2.05, 4.69) is 294 Å². The lowest BCUT2D eigenvalue weighted by molar-refractivity contribution is 1.17. The molecule has 12 aromatic carbocycles. The van der Waals surface area contributed by atoms with Crippen LogP contribution in [0.4, 0.5) is 0 Å².